The largest absolute Gasteiger partial charge is 0.497 e. The van der Waals surface area contributed by atoms with Crippen LogP contribution in [0.5, 0.6) is 5.75 Å². The third-order valence-corrected chi connectivity index (χ3v) is 4.60. The number of rotatable bonds is 4. The number of carbonyl (C=O) groups excluding carboxylic acids is 1. The van der Waals surface area contributed by atoms with E-state index in [1.54, 1.807) is 7.11 Å². The Hall–Kier alpha value is -2.41. The molecule has 3 aromatic rings. The molecule has 1 aliphatic carbocycles. The number of hydrogen-bond acceptors (Lipinski definition) is 5. The van der Waals surface area contributed by atoms with E-state index >= 15 is 0 Å². The number of aromatic nitrogens is 3. The average molecular weight is 314 g/mol. The van der Waals surface area contributed by atoms with Crippen LogP contribution in [-0.2, 0) is 0 Å². The maximum absolute atomic E-state index is 12.2. The van der Waals surface area contributed by atoms with Gasteiger partial charge in [0, 0.05) is 11.6 Å². The zero-order valence-corrected chi connectivity index (χ0v) is 12.7. The highest BCUT2D eigenvalue weighted by molar-refractivity contribution is 7.22. The van der Waals surface area contributed by atoms with Crippen molar-refractivity contribution >= 4 is 32.6 Å². The van der Waals surface area contributed by atoms with Crippen molar-refractivity contribution < 1.29 is 9.53 Å². The zero-order valence-electron chi connectivity index (χ0n) is 11.9. The van der Waals surface area contributed by atoms with Crippen molar-refractivity contribution in [1.29, 1.82) is 0 Å². The molecule has 2 aromatic heterocycles. The number of benzene rings is 1. The Kier molecular flexibility index (Phi) is 3.07. The number of nitrogens with one attached hydrogen (secondary N) is 2. The lowest BCUT2D eigenvalue weighted by Crippen LogP contribution is -2.12. The fourth-order valence-electron chi connectivity index (χ4n) is 2.30. The van der Waals surface area contributed by atoms with Crippen LogP contribution in [0.15, 0.2) is 24.3 Å². The van der Waals surface area contributed by atoms with E-state index in [1.165, 1.54) is 24.2 Å². The summed E-state index contributed by atoms with van der Waals surface area (Å²) in [6.07, 6.45) is 2.34. The fraction of sp³-hybridized carbons (Fsp3) is 0.267. The Morgan fingerprint density at radius 3 is 3.05 bits per heavy atom. The Bertz CT molecular complexity index is 850. The number of hydrogen-bond donors (Lipinski definition) is 2. The van der Waals surface area contributed by atoms with Crippen LogP contribution in [0, 0.1) is 0 Å². The smallest absolute Gasteiger partial charge is 0.277 e. The fourth-order valence-corrected chi connectivity index (χ4v) is 3.19. The molecule has 112 valence electrons. The first-order valence-corrected chi connectivity index (χ1v) is 7.86. The second-order valence-electron chi connectivity index (χ2n) is 5.29. The Morgan fingerprint density at radius 2 is 2.27 bits per heavy atom. The molecule has 0 unspecified atom stereocenters. The summed E-state index contributed by atoms with van der Waals surface area (Å²) in [5, 5.41) is 10.4. The van der Waals surface area contributed by atoms with Crippen LogP contribution in [0.25, 0.3) is 10.2 Å². The number of nitrogens with zero attached hydrogens (tertiary/aromatic N) is 2. The first-order chi connectivity index (χ1) is 10.7. The third-order valence-electron chi connectivity index (χ3n) is 3.66. The van der Waals surface area contributed by atoms with Gasteiger partial charge in [0.05, 0.1) is 17.3 Å². The van der Waals surface area contributed by atoms with Gasteiger partial charge < -0.3 is 4.74 Å². The minimum absolute atomic E-state index is 0.242. The van der Waals surface area contributed by atoms with Gasteiger partial charge in [-0.1, -0.05) is 11.3 Å². The van der Waals surface area contributed by atoms with E-state index in [0.29, 0.717) is 16.7 Å². The lowest BCUT2D eigenvalue weighted by Gasteiger charge is -1.96. The number of H-pyrrole nitrogens is 1. The van der Waals surface area contributed by atoms with Gasteiger partial charge >= 0.3 is 0 Å². The van der Waals surface area contributed by atoms with Gasteiger partial charge in [-0.05, 0) is 37.1 Å². The second-order valence-corrected chi connectivity index (χ2v) is 6.32. The normalized spacial score (nSPS) is 14.2. The van der Waals surface area contributed by atoms with Gasteiger partial charge in [0.2, 0.25) is 0 Å². The highest BCUT2D eigenvalue weighted by atomic mass is 32.1. The van der Waals surface area contributed by atoms with E-state index < -0.39 is 0 Å². The Morgan fingerprint density at radius 1 is 1.41 bits per heavy atom. The number of methoxy groups -OCH3 is 1. The molecule has 1 aromatic carbocycles. The van der Waals surface area contributed by atoms with Crippen molar-refractivity contribution in [1.82, 2.24) is 15.2 Å². The number of fused-ring (bicyclic) bond motifs is 1. The van der Waals surface area contributed by atoms with Crippen molar-refractivity contribution in [2.75, 3.05) is 12.4 Å². The molecular weight excluding hydrogens is 300 g/mol. The van der Waals surface area contributed by atoms with Crippen LogP contribution in [-0.4, -0.2) is 28.2 Å². The van der Waals surface area contributed by atoms with Gasteiger partial charge in [-0.15, -0.1) is 0 Å². The molecule has 1 amide bonds. The number of aromatic amines is 1. The van der Waals surface area contributed by atoms with Crippen LogP contribution in [0.3, 0.4) is 0 Å². The maximum Gasteiger partial charge on any atom is 0.277 e. The average Bonchev–Trinajstić information content (AvgIpc) is 3.11. The summed E-state index contributed by atoms with van der Waals surface area (Å²) in [5.74, 6) is 1.08. The number of anilines is 1. The highest BCUT2D eigenvalue weighted by Crippen LogP contribution is 2.39. The van der Waals surface area contributed by atoms with Crippen LogP contribution in [0.2, 0.25) is 0 Å². The van der Waals surface area contributed by atoms with Crippen molar-refractivity contribution in [3.8, 4) is 5.75 Å². The van der Waals surface area contributed by atoms with E-state index in [0.717, 1.165) is 21.7 Å². The molecule has 0 radical (unpaired) electrons. The summed E-state index contributed by atoms with van der Waals surface area (Å²) in [6, 6.07) is 7.45. The molecule has 2 N–H and O–H groups in total. The lowest BCUT2D eigenvalue weighted by molar-refractivity contribution is 0.102. The second kappa shape index (κ2) is 5.10. The van der Waals surface area contributed by atoms with E-state index in [1.807, 2.05) is 24.3 Å². The first kappa shape index (κ1) is 13.3. The van der Waals surface area contributed by atoms with Crippen molar-refractivity contribution in [2.45, 2.75) is 18.8 Å². The quantitative estimate of drug-likeness (QED) is 0.775. The molecule has 0 saturated heterocycles. The Labute approximate surface area is 130 Å². The van der Waals surface area contributed by atoms with E-state index in [-0.39, 0.29) is 5.91 Å². The number of thiazole rings is 1. The summed E-state index contributed by atoms with van der Waals surface area (Å²) in [4.78, 5) is 16.6. The molecule has 7 heteroatoms. The SMILES string of the molecule is COc1ccc2nc(NC(=O)c3cc(C4CC4)[nH]n3)sc2c1. The Balaban J connectivity index is 1.55. The number of amides is 1. The van der Waals surface area contributed by atoms with Crippen molar-refractivity contribution in [2.24, 2.45) is 0 Å². The number of carbonyl (C=O) groups is 1. The summed E-state index contributed by atoms with van der Waals surface area (Å²) in [5.41, 5.74) is 2.28. The van der Waals surface area contributed by atoms with Crippen LogP contribution < -0.4 is 10.1 Å². The third kappa shape index (κ3) is 2.43. The summed E-state index contributed by atoms with van der Waals surface area (Å²) in [7, 11) is 1.62. The standard InChI is InChI=1S/C15H14N4O2S/c1-21-9-4-5-10-13(6-9)22-15(16-10)17-14(20)12-7-11(18-19-12)8-2-3-8/h4-8H,2-3H2,1H3,(H,18,19)(H,16,17,20). The molecule has 22 heavy (non-hydrogen) atoms. The van der Waals surface area contributed by atoms with Crippen molar-refractivity contribution in [3.05, 3.63) is 35.7 Å². The molecule has 1 saturated carbocycles. The van der Waals surface area contributed by atoms with Crippen LogP contribution in [0.4, 0.5) is 5.13 Å². The van der Waals surface area contributed by atoms with E-state index in [2.05, 4.69) is 20.5 Å². The molecule has 2 heterocycles. The minimum atomic E-state index is -0.242. The van der Waals surface area contributed by atoms with Crippen LogP contribution in [0.1, 0.15) is 34.9 Å². The zero-order chi connectivity index (χ0) is 15.1. The molecule has 0 spiro atoms. The maximum atomic E-state index is 12.2. The lowest BCUT2D eigenvalue weighted by atomic mass is 10.2. The van der Waals surface area contributed by atoms with Gasteiger partial charge in [-0.25, -0.2) is 4.98 Å². The van der Waals surface area contributed by atoms with Gasteiger partial charge in [0.15, 0.2) is 10.8 Å². The predicted octanol–water partition coefficient (Wildman–Crippen LogP) is 3.16. The summed E-state index contributed by atoms with van der Waals surface area (Å²) >= 11 is 1.41. The molecule has 1 aliphatic rings. The van der Waals surface area contributed by atoms with Crippen molar-refractivity contribution in [3.63, 3.8) is 0 Å². The minimum Gasteiger partial charge on any atom is -0.497 e. The molecule has 0 atom stereocenters. The molecule has 0 aliphatic heterocycles. The van der Waals surface area contributed by atoms with Gasteiger partial charge in [0.25, 0.3) is 5.91 Å². The summed E-state index contributed by atoms with van der Waals surface area (Å²) < 4.78 is 6.16. The molecule has 4 rings (SSSR count). The summed E-state index contributed by atoms with van der Waals surface area (Å²) in [6.45, 7) is 0. The van der Waals surface area contributed by atoms with E-state index in [9.17, 15) is 4.79 Å². The van der Waals surface area contributed by atoms with Crippen LogP contribution >= 0.6 is 11.3 Å². The monoisotopic (exact) mass is 314 g/mol. The van der Waals surface area contributed by atoms with Gasteiger partial charge in [-0.2, -0.15) is 5.10 Å². The molecule has 6 nitrogen and oxygen atoms in total. The predicted molar refractivity (Wildman–Crippen MR) is 84.7 cm³/mol. The molecule has 0 bridgehead atoms. The van der Waals surface area contributed by atoms with Gasteiger partial charge in [-0.3, -0.25) is 15.2 Å². The first-order valence-electron chi connectivity index (χ1n) is 7.04. The van der Waals surface area contributed by atoms with Gasteiger partial charge in [0.1, 0.15) is 5.75 Å². The molecular formula is C15H14N4O2S. The number of ether oxygens (including phenoxy) is 1. The highest BCUT2D eigenvalue weighted by Gasteiger charge is 2.26. The topological polar surface area (TPSA) is 79.9 Å². The molecule has 1 fully saturated rings. The van der Waals surface area contributed by atoms with E-state index in [4.69, 9.17) is 4.74 Å².